The summed E-state index contributed by atoms with van der Waals surface area (Å²) in [6.45, 7) is 0. The van der Waals surface area contributed by atoms with Crippen molar-refractivity contribution in [2.75, 3.05) is 0 Å². The van der Waals surface area contributed by atoms with Gasteiger partial charge in [0, 0.05) is 0 Å². The van der Waals surface area contributed by atoms with E-state index >= 15 is 0 Å². The number of nitriles is 1. The van der Waals surface area contributed by atoms with Gasteiger partial charge in [-0.25, -0.2) is 0 Å². The van der Waals surface area contributed by atoms with Crippen molar-refractivity contribution in [1.29, 1.82) is 5.26 Å². The lowest BCUT2D eigenvalue weighted by Gasteiger charge is -1.85. The van der Waals surface area contributed by atoms with Crippen molar-refractivity contribution in [2.24, 2.45) is 5.73 Å². The average Bonchev–Trinajstić information content (AvgIpc) is 1.65. The summed E-state index contributed by atoms with van der Waals surface area (Å²) >= 11 is 2.71. The van der Waals surface area contributed by atoms with Crippen LogP contribution in [0.25, 0.3) is 0 Å². The summed E-state index contributed by atoms with van der Waals surface area (Å²) < 4.78 is 0. The van der Waals surface area contributed by atoms with Gasteiger partial charge in [0.25, 0.3) is 0 Å². The summed E-state index contributed by atoms with van der Waals surface area (Å²) in [4.78, 5) is 9.04. The molecule has 7 heavy (non-hydrogen) atoms. The molecular weight excluding hydrogens is 160 g/mol. The minimum absolute atomic E-state index is 0.650. The van der Waals surface area contributed by atoms with E-state index < -0.39 is 10.7 Å². The van der Waals surface area contributed by atoms with Crippen LogP contribution in [0.15, 0.2) is 0 Å². The number of halogens is 1. The van der Waals surface area contributed by atoms with E-state index in [1.165, 1.54) is 0 Å². The second-order valence-corrected chi connectivity index (χ2v) is 1.81. The largest absolute Gasteiger partial charge is 0.368 e. The molecule has 0 aliphatic heterocycles. The van der Waals surface area contributed by atoms with Gasteiger partial charge in [-0.1, -0.05) is 15.9 Å². The van der Waals surface area contributed by atoms with Crippen LogP contribution in [0.4, 0.5) is 0 Å². The maximum atomic E-state index is 9.88. The second-order valence-electron chi connectivity index (χ2n) is 0.894. The Morgan fingerprint density at radius 3 is 2.43 bits per heavy atom. The zero-order valence-electron chi connectivity index (χ0n) is 3.39. The molecule has 0 bridgehead atoms. The Kier molecular flexibility index (Phi) is 2.38. The maximum absolute atomic E-state index is 9.88. The minimum Gasteiger partial charge on any atom is -0.368 e. The van der Waals surface area contributed by atoms with Crippen molar-refractivity contribution < 1.29 is 4.79 Å². The first-order valence-electron chi connectivity index (χ1n) is 1.51. The van der Waals surface area contributed by atoms with Gasteiger partial charge in [-0.2, -0.15) is 5.26 Å². The first-order valence-corrected chi connectivity index (χ1v) is 2.43. The zero-order chi connectivity index (χ0) is 5.86. The second kappa shape index (κ2) is 2.59. The Hall–Kier alpha value is -0.560. The molecule has 0 aromatic carbocycles. The van der Waals surface area contributed by atoms with Gasteiger partial charge in [0.05, 0.1) is 6.07 Å². The average molecular weight is 163 g/mol. The highest BCUT2D eigenvalue weighted by Gasteiger charge is 2.05. The third kappa shape index (κ3) is 2.18. The first-order chi connectivity index (χ1) is 3.18. The Balaban J connectivity index is 3.63. The van der Waals surface area contributed by atoms with Crippen LogP contribution < -0.4 is 5.73 Å². The summed E-state index contributed by atoms with van der Waals surface area (Å²) in [5.74, 6) is -0.650. The molecule has 0 saturated carbocycles. The number of carbonyl (C=O) groups excluding carboxylic acids is 1. The van der Waals surface area contributed by atoms with Gasteiger partial charge in [-0.05, 0) is 0 Å². The predicted octanol–water partition coefficient (Wildman–Crippen LogP) is -0.241. The number of rotatable bonds is 1. The molecule has 38 valence electrons. The number of hydrogen-bond acceptors (Lipinski definition) is 2. The van der Waals surface area contributed by atoms with Crippen LogP contribution in [-0.4, -0.2) is 10.7 Å². The fraction of sp³-hybridized carbons (Fsp3) is 0.333. The van der Waals surface area contributed by atoms with E-state index in [-0.39, 0.29) is 0 Å². The number of alkyl halides is 1. The van der Waals surface area contributed by atoms with E-state index in [9.17, 15) is 4.79 Å². The summed E-state index contributed by atoms with van der Waals surface area (Å²) in [6, 6.07) is 1.61. The fourth-order valence-electron chi connectivity index (χ4n) is 0.0636. The molecule has 0 aliphatic carbocycles. The highest BCUT2D eigenvalue weighted by molar-refractivity contribution is 9.10. The van der Waals surface area contributed by atoms with Crippen LogP contribution in [-0.2, 0) is 4.79 Å². The van der Waals surface area contributed by atoms with E-state index in [1.54, 1.807) is 6.07 Å². The highest BCUT2D eigenvalue weighted by Crippen LogP contribution is 1.92. The van der Waals surface area contributed by atoms with E-state index in [0.29, 0.717) is 0 Å². The molecule has 0 rings (SSSR count). The SMILES string of the molecule is N#C[C@@H](Br)C(N)=O. The van der Waals surface area contributed by atoms with Gasteiger partial charge in [-0.15, -0.1) is 0 Å². The lowest BCUT2D eigenvalue weighted by molar-refractivity contribution is -0.116. The van der Waals surface area contributed by atoms with Crippen molar-refractivity contribution in [1.82, 2.24) is 0 Å². The molecule has 0 aromatic rings. The number of carbonyl (C=O) groups is 1. The smallest absolute Gasteiger partial charge is 0.245 e. The number of amides is 1. The molecule has 0 spiro atoms. The monoisotopic (exact) mass is 162 g/mol. The van der Waals surface area contributed by atoms with Crippen LogP contribution in [0.5, 0.6) is 0 Å². The Morgan fingerprint density at radius 1 is 2.00 bits per heavy atom. The molecule has 1 atom stereocenters. The number of nitrogens with two attached hydrogens (primary N) is 1. The van der Waals surface area contributed by atoms with Crippen molar-refractivity contribution in [2.45, 2.75) is 4.83 Å². The molecule has 0 aromatic heterocycles. The third-order valence-corrected chi connectivity index (χ3v) is 1.02. The molecule has 1 amide bonds. The molecule has 0 fully saturated rings. The number of primary amides is 1. The molecule has 0 saturated heterocycles. The van der Waals surface area contributed by atoms with E-state index in [1.807, 2.05) is 0 Å². The van der Waals surface area contributed by atoms with Crippen LogP contribution >= 0.6 is 15.9 Å². The van der Waals surface area contributed by atoms with Gasteiger partial charge in [0.15, 0.2) is 4.83 Å². The van der Waals surface area contributed by atoms with E-state index in [4.69, 9.17) is 5.26 Å². The molecule has 0 aliphatic rings. The van der Waals surface area contributed by atoms with Gasteiger partial charge in [0.2, 0.25) is 5.91 Å². The first kappa shape index (κ1) is 6.44. The predicted molar refractivity (Wildman–Crippen MR) is 27.5 cm³/mol. The molecule has 0 radical (unpaired) electrons. The summed E-state index contributed by atoms with van der Waals surface area (Å²) in [5, 5.41) is 7.91. The molecule has 0 unspecified atom stereocenters. The summed E-state index contributed by atoms with van der Waals surface area (Å²) in [5.41, 5.74) is 4.64. The maximum Gasteiger partial charge on any atom is 0.245 e. The zero-order valence-corrected chi connectivity index (χ0v) is 4.97. The normalized spacial score (nSPS) is 12.0. The summed E-state index contributed by atoms with van der Waals surface area (Å²) in [7, 11) is 0. The minimum atomic E-state index is -0.840. The Morgan fingerprint density at radius 2 is 2.43 bits per heavy atom. The molecule has 2 N–H and O–H groups in total. The Labute approximate surface area is 49.2 Å². The highest BCUT2D eigenvalue weighted by atomic mass is 79.9. The topological polar surface area (TPSA) is 66.9 Å². The van der Waals surface area contributed by atoms with Crippen LogP contribution in [0.3, 0.4) is 0 Å². The number of hydrogen-bond donors (Lipinski definition) is 1. The molecule has 4 heteroatoms. The fourth-order valence-corrected chi connectivity index (χ4v) is 0.0636. The van der Waals surface area contributed by atoms with E-state index in [0.717, 1.165) is 0 Å². The quantitative estimate of drug-likeness (QED) is 0.542. The van der Waals surface area contributed by atoms with Crippen molar-refractivity contribution in [3.63, 3.8) is 0 Å². The van der Waals surface area contributed by atoms with Crippen molar-refractivity contribution in [3.05, 3.63) is 0 Å². The third-order valence-electron chi connectivity index (χ3n) is 0.363. The molecule has 0 heterocycles. The standard InChI is InChI=1S/C3H3BrN2O/c4-2(1-5)3(6)7/h2H,(H2,6,7)/t2-/m1/s1. The lowest BCUT2D eigenvalue weighted by atomic mass is 10.5. The molecular formula is C3H3BrN2O. The van der Waals surface area contributed by atoms with Crippen LogP contribution in [0.2, 0.25) is 0 Å². The number of nitrogens with zero attached hydrogens (tertiary/aromatic N) is 1. The van der Waals surface area contributed by atoms with Gasteiger partial charge < -0.3 is 5.73 Å². The van der Waals surface area contributed by atoms with Gasteiger partial charge in [-0.3, -0.25) is 4.79 Å². The van der Waals surface area contributed by atoms with Crippen molar-refractivity contribution >= 4 is 21.8 Å². The van der Waals surface area contributed by atoms with Crippen molar-refractivity contribution in [3.8, 4) is 6.07 Å². The Bertz CT molecular complexity index is 117. The van der Waals surface area contributed by atoms with Crippen LogP contribution in [0, 0.1) is 11.3 Å². The van der Waals surface area contributed by atoms with Gasteiger partial charge >= 0.3 is 0 Å². The summed E-state index contributed by atoms with van der Waals surface area (Å²) in [6.07, 6.45) is 0. The van der Waals surface area contributed by atoms with Gasteiger partial charge in [0.1, 0.15) is 0 Å². The lowest BCUT2D eigenvalue weighted by Crippen LogP contribution is -2.21. The molecule has 3 nitrogen and oxygen atoms in total. The van der Waals surface area contributed by atoms with E-state index in [2.05, 4.69) is 21.7 Å². The van der Waals surface area contributed by atoms with Crippen LogP contribution in [0.1, 0.15) is 0 Å².